The number of benzene rings is 1. The van der Waals surface area contributed by atoms with Gasteiger partial charge in [0.25, 0.3) is 0 Å². The second-order valence-corrected chi connectivity index (χ2v) is 4.70. The van der Waals surface area contributed by atoms with Gasteiger partial charge in [0.2, 0.25) is 0 Å². The van der Waals surface area contributed by atoms with Crippen LogP contribution in [0.25, 0.3) is 0 Å². The fraction of sp³-hybridized carbons (Fsp3) is 0.417. The van der Waals surface area contributed by atoms with Gasteiger partial charge in [0.1, 0.15) is 5.25 Å². The van der Waals surface area contributed by atoms with E-state index in [1.165, 1.54) is 18.4 Å². The number of hydrogen-bond acceptors (Lipinski definition) is 2. The highest BCUT2D eigenvalue weighted by molar-refractivity contribution is 7.81. The number of rotatable bonds is 4. The second-order valence-electron chi connectivity index (χ2n) is 4.07. The molecule has 1 aromatic carbocycles. The Morgan fingerprint density at radius 2 is 2.00 bits per heavy atom. The Morgan fingerprint density at radius 3 is 2.47 bits per heavy atom. The standard InChI is InChI=1S/C12H14O2S/c13-12(14)11(15)7-8-1-3-9(4-2-8)10-5-6-10/h1-4,10-11,15H,5-7H2,(H,13,14). The van der Waals surface area contributed by atoms with Crippen molar-refractivity contribution in [1.82, 2.24) is 0 Å². The van der Waals surface area contributed by atoms with E-state index in [2.05, 4.69) is 24.8 Å². The summed E-state index contributed by atoms with van der Waals surface area (Å²) >= 11 is 4.02. The Kier molecular flexibility index (Phi) is 3.00. The summed E-state index contributed by atoms with van der Waals surface area (Å²) in [6.45, 7) is 0. The Balaban J connectivity index is 2.00. The van der Waals surface area contributed by atoms with E-state index in [4.69, 9.17) is 5.11 Å². The predicted octanol–water partition coefficient (Wildman–Crippen LogP) is 2.49. The molecule has 80 valence electrons. The van der Waals surface area contributed by atoms with Gasteiger partial charge in [0.05, 0.1) is 0 Å². The molecule has 0 heterocycles. The molecule has 0 aromatic heterocycles. The molecule has 3 heteroatoms. The lowest BCUT2D eigenvalue weighted by atomic mass is 10.0. The predicted molar refractivity (Wildman–Crippen MR) is 62.5 cm³/mol. The van der Waals surface area contributed by atoms with E-state index in [9.17, 15) is 4.79 Å². The Labute approximate surface area is 94.7 Å². The first-order valence-corrected chi connectivity index (χ1v) is 5.68. The van der Waals surface area contributed by atoms with E-state index < -0.39 is 11.2 Å². The van der Waals surface area contributed by atoms with Gasteiger partial charge in [-0.05, 0) is 36.3 Å². The summed E-state index contributed by atoms with van der Waals surface area (Å²) in [6.07, 6.45) is 3.08. The molecule has 2 nitrogen and oxygen atoms in total. The lowest BCUT2D eigenvalue weighted by Gasteiger charge is -2.06. The molecule has 1 saturated carbocycles. The summed E-state index contributed by atoms with van der Waals surface area (Å²) in [5, 5.41) is 8.12. The maximum Gasteiger partial charge on any atom is 0.316 e. The fourth-order valence-electron chi connectivity index (χ4n) is 1.65. The lowest BCUT2D eigenvalue weighted by Crippen LogP contribution is -2.16. The van der Waals surface area contributed by atoms with E-state index >= 15 is 0 Å². The van der Waals surface area contributed by atoms with Crippen LogP contribution in [0.2, 0.25) is 0 Å². The molecule has 1 aliphatic rings. The Bertz CT molecular complexity index is 354. The van der Waals surface area contributed by atoms with E-state index in [0.29, 0.717) is 6.42 Å². The van der Waals surface area contributed by atoms with Crippen LogP contribution in [0.5, 0.6) is 0 Å². The average molecular weight is 222 g/mol. The first kappa shape index (κ1) is 10.6. The molecular weight excluding hydrogens is 208 g/mol. The maximum absolute atomic E-state index is 10.6. The van der Waals surface area contributed by atoms with Crippen LogP contribution >= 0.6 is 12.6 Å². The third kappa shape index (κ3) is 2.75. The molecule has 1 atom stereocenters. The highest BCUT2D eigenvalue weighted by Gasteiger charge is 2.23. The highest BCUT2D eigenvalue weighted by atomic mass is 32.1. The minimum absolute atomic E-state index is 0.489. The molecule has 1 aliphatic carbocycles. The van der Waals surface area contributed by atoms with E-state index in [0.717, 1.165) is 11.5 Å². The van der Waals surface area contributed by atoms with Gasteiger partial charge < -0.3 is 5.11 Å². The summed E-state index contributed by atoms with van der Waals surface area (Å²) in [6, 6.07) is 8.24. The molecule has 1 fully saturated rings. The van der Waals surface area contributed by atoms with E-state index in [-0.39, 0.29) is 0 Å². The highest BCUT2D eigenvalue weighted by Crippen LogP contribution is 2.39. The van der Waals surface area contributed by atoms with Crippen molar-refractivity contribution in [2.45, 2.75) is 30.4 Å². The molecule has 1 N–H and O–H groups in total. The summed E-state index contributed by atoms with van der Waals surface area (Å²) in [5.74, 6) is -0.102. The van der Waals surface area contributed by atoms with Crippen LogP contribution in [-0.4, -0.2) is 16.3 Å². The molecule has 15 heavy (non-hydrogen) atoms. The maximum atomic E-state index is 10.6. The van der Waals surface area contributed by atoms with E-state index in [1.54, 1.807) is 0 Å². The SMILES string of the molecule is O=C(O)C(S)Cc1ccc(C2CC2)cc1. The first-order chi connectivity index (χ1) is 7.16. The van der Waals surface area contributed by atoms with Crippen LogP contribution in [0.4, 0.5) is 0 Å². The summed E-state index contributed by atoms with van der Waals surface area (Å²) in [5.41, 5.74) is 2.42. The van der Waals surface area contributed by atoms with E-state index in [1.807, 2.05) is 12.1 Å². The number of carbonyl (C=O) groups is 1. The van der Waals surface area contributed by atoms with Crippen molar-refractivity contribution < 1.29 is 9.90 Å². The van der Waals surface area contributed by atoms with Gasteiger partial charge in [-0.1, -0.05) is 24.3 Å². The van der Waals surface area contributed by atoms with Crippen molar-refractivity contribution in [3.63, 3.8) is 0 Å². The Hall–Kier alpha value is -0.960. The minimum Gasteiger partial charge on any atom is -0.480 e. The quantitative estimate of drug-likeness (QED) is 0.768. The number of hydrogen-bond donors (Lipinski definition) is 2. The monoisotopic (exact) mass is 222 g/mol. The van der Waals surface area contributed by atoms with Crippen LogP contribution in [-0.2, 0) is 11.2 Å². The van der Waals surface area contributed by atoms with Crippen LogP contribution in [0.1, 0.15) is 29.9 Å². The molecule has 1 unspecified atom stereocenters. The third-order valence-corrected chi connectivity index (χ3v) is 3.15. The third-order valence-electron chi connectivity index (χ3n) is 2.74. The van der Waals surface area contributed by atoms with Crippen molar-refractivity contribution in [1.29, 1.82) is 0 Å². The number of carboxylic acid groups (broad SMARTS) is 1. The zero-order valence-corrected chi connectivity index (χ0v) is 9.28. The number of aliphatic carboxylic acids is 1. The van der Waals surface area contributed by atoms with Crippen molar-refractivity contribution in [2.24, 2.45) is 0 Å². The zero-order chi connectivity index (χ0) is 10.8. The molecule has 0 amide bonds. The van der Waals surface area contributed by atoms with Gasteiger partial charge >= 0.3 is 5.97 Å². The zero-order valence-electron chi connectivity index (χ0n) is 8.39. The van der Waals surface area contributed by atoms with Crippen molar-refractivity contribution in [3.8, 4) is 0 Å². The Morgan fingerprint density at radius 1 is 1.40 bits per heavy atom. The smallest absolute Gasteiger partial charge is 0.316 e. The van der Waals surface area contributed by atoms with Gasteiger partial charge in [-0.2, -0.15) is 12.6 Å². The van der Waals surface area contributed by atoms with Gasteiger partial charge in [-0.25, -0.2) is 0 Å². The number of thiol groups is 1. The molecular formula is C12H14O2S. The van der Waals surface area contributed by atoms with Crippen LogP contribution < -0.4 is 0 Å². The molecule has 0 saturated heterocycles. The van der Waals surface area contributed by atoms with Crippen LogP contribution in [0.15, 0.2) is 24.3 Å². The number of carboxylic acids is 1. The van der Waals surface area contributed by atoms with Crippen LogP contribution in [0.3, 0.4) is 0 Å². The lowest BCUT2D eigenvalue weighted by molar-refractivity contribution is -0.136. The van der Waals surface area contributed by atoms with Crippen molar-refractivity contribution >= 4 is 18.6 Å². The van der Waals surface area contributed by atoms with Gasteiger partial charge in [-0.3, -0.25) is 4.79 Å². The molecule has 0 radical (unpaired) electrons. The topological polar surface area (TPSA) is 37.3 Å². The molecule has 0 bridgehead atoms. The largest absolute Gasteiger partial charge is 0.480 e. The van der Waals surface area contributed by atoms with Gasteiger partial charge in [-0.15, -0.1) is 0 Å². The fourth-order valence-corrected chi connectivity index (χ4v) is 1.86. The van der Waals surface area contributed by atoms with Gasteiger partial charge in [0, 0.05) is 0 Å². The minimum atomic E-state index is -0.857. The summed E-state index contributed by atoms with van der Waals surface area (Å²) < 4.78 is 0. The second kappa shape index (κ2) is 4.27. The molecule has 2 rings (SSSR count). The molecule has 0 aliphatic heterocycles. The van der Waals surface area contributed by atoms with Crippen molar-refractivity contribution in [3.05, 3.63) is 35.4 Å². The first-order valence-electron chi connectivity index (χ1n) is 5.16. The van der Waals surface area contributed by atoms with Gasteiger partial charge in [0.15, 0.2) is 0 Å². The molecule has 1 aromatic rings. The summed E-state index contributed by atoms with van der Waals surface area (Å²) in [4.78, 5) is 10.6. The van der Waals surface area contributed by atoms with Crippen LogP contribution in [0, 0.1) is 0 Å². The normalized spacial score (nSPS) is 17.4. The molecule has 0 spiro atoms. The average Bonchev–Trinajstić information content (AvgIpc) is 3.02. The summed E-state index contributed by atoms with van der Waals surface area (Å²) in [7, 11) is 0. The van der Waals surface area contributed by atoms with Crippen molar-refractivity contribution in [2.75, 3.05) is 0 Å².